The van der Waals surface area contributed by atoms with Crippen molar-refractivity contribution in [3.05, 3.63) is 65.7 Å². The summed E-state index contributed by atoms with van der Waals surface area (Å²) in [5, 5.41) is 35.6. The first-order valence-electron chi connectivity index (χ1n) is 12.8. The zero-order chi connectivity index (χ0) is 29.8. The summed E-state index contributed by atoms with van der Waals surface area (Å²) < 4.78 is 0. The van der Waals surface area contributed by atoms with Gasteiger partial charge in [0.05, 0.1) is 12.5 Å². The molecule has 0 spiro atoms. The number of phenolic OH excluding ortho intramolecular Hbond substituents is 1. The minimum atomic E-state index is -1.56. The maximum atomic E-state index is 13.2. The number of hydrogen-bond donors (Lipinski definition) is 7. The second kappa shape index (κ2) is 15.2. The van der Waals surface area contributed by atoms with Gasteiger partial charge in [-0.25, -0.2) is 4.79 Å². The number of hydrogen-bond acceptors (Lipinski definition) is 7. The molecule has 12 heteroatoms. The van der Waals surface area contributed by atoms with Crippen LogP contribution in [0.3, 0.4) is 0 Å². The minimum absolute atomic E-state index is 0.0134. The van der Waals surface area contributed by atoms with Crippen molar-refractivity contribution in [3.63, 3.8) is 0 Å². The number of benzene rings is 2. The molecule has 0 bridgehead atoms. The Bertz CT molecular complexity index is 1170. The number of phenols is 1. The van der Waals surface area contributed by atoms with E-state index in [-0.39, 0.29) is 30.9 Å². The smallest absolute Gasteiger partial charge is 0.326 e. The third kappa shape index (κ3) is 10.7. The lowest BCUT2D eigenvalue weighted by Gasteiger charge is -2.25. The highest BCUT2D eigenvalue weighted by molar-refractivity contribution is 5.95. The fourth-order valence-electron chi connectivity index (χ4n) is 3.94. The second-order valence-corrected chi connectivity index (χ2v) is 9.92. The SMILES string of the molecule is CC(C)C[C@@H](NC(=O)[C@@H](Cc1ccccc1)NC(=O)[C@H](CC(=O)O)NC(=O)[C@@H](N)Cc1ccc(O)cc1)C(=O)O. The number of carboxylic acid groups (broad SMARTS) is 2. The second-order valence-electron chi connectivity index (χ2n) is 9.92. The number of aliphatic carboxylic acids is 2. The molecule has 0 radical (unpaired) electrons. The summed E-state index contributed by atoms with van der Waals surface area (Å²) in [7, 11) is 0. The van der Waals surface area contributed by atoms with Crippen LogP contribution in [-0.2, 0) is 36.8 Å². The quantitative estimate of drug-likeness (QED) is 0.163. The van der Waals surface area contributed by atoms with Crippen molar-refractivity contribution in [3.8, 4) is 5.75 Å². The monoisotopic (exact) mass is 556 g/mol. The highest BCUT2D eigenvalue weighted by atomic mass is 16.4. The molecule has 0 heterocycles. The van der Waals surface area contributed by atoms with Crippen molar-refractivity contribution < 1.29 is 39.3 Å². The molecule has 2 rings (SSSR count). The van der Waals surface area contributed by atoms with E-state index in [1.807, 2.05) is 0 Å². The Morgan fingerprint density at radius 1 is 0.725 bits per heavy atom. The zero-order valence-electron chi connectivity index (χ0n) is 22.4. The van der Waals surface area contributed by atoms with Crippen LogP contribution < -0.4 is 21.7 Å². The highest BCUT2D eigenvalue weighted by Gasteiger charge is 2.32. The first-order valence-corrected chi connectivity index (χ1v) is 12.8. The van der Waals surface area contributed by atoms with Crippen LogP contribution in [0.4, 0.5) is 0 Å². The van der Waals surface area contributed by atoms with Gasteiger partial charge < -0.3 is 37.0 Å². The molecule has 0 aliphatic carbocycles. The van der Waals surface area contributed by atoms with Gasteiger partial charge in [0.15, 0.2) is 0 Å². The summed E-state index contributed by atoms with van der Waals surface area (Å²) in [6.07, 6.45) is -0.586. The molecule has 3 amide bonds. The zero-order valence-corrected chi connectivity index (χ0v) is 22.4. The average molecular weight is 557 g/mol. The number of amides is 3. The molecule has 0 aliphatic rings. The number of carbonyl (C=O) groups is 5. The molecule has 12 nitrogen and oxygen atoms in total. The van der Waals surface area contributed by atoms with Gasteiger partial charge in [-0.05, 0) is 42.0 Å². The number of nitrogens with one attached hydrogen (secondary N) is 3. The summed E-state index contributed by atoms with van der Waals surface area (Å²) in [6, 6.07) is 9.49. The highest BCUT2D eigenvalue weighted by Crippen LogP contribution is 2.12. The molecule has 4 atom stereocenters. The number of carboxylic acids is 2. The van der Waals surface area contributed by atoms with Crippen LogP contribution in [0.25, 0.3) is 0 Å². The Balaban J connectivity index is 2.20. The normalized spacial score (nSPS) is 13.9. The molecule has 0 saturated heterocycles. The van der Waals surface area contributed by atoms with Crippen molar-refractivity contribution in [2.24, 2.45) is 11.7 Å². The van der Waals surface area contributed by atoms with Crippen LogP contribution in [0.15, 0.2) is 54.6 Å². The largest absolute Gasteiger partial charge is 0.508 e. The van der Waals surface area contributed by atoms with E-state index in [9.17, 15) is 39.3 Å². The van der Waals surface area contributed by atoms with Gasteiger partial charge in [0, 0.05) is 6.42 Å². The van der Waals surface area contributed by atoms with Crippen LogP contribution in [0, 0.1) is 5.92 Å². The minimum Gasteiger partial charge on any atom is -0.508 e. The van der Waals surface area contributed by atoms with Gasteiger partial charge in [0.1, 0.15) is 23.9 Å². The van der Waals surface area contributed by atoms with E-state index < -0.39 is 60.2 Å². The summed E-state index contributed by atoms with van der Waals surface area (Å²) in [6.45, 7) is 3.60. The molecule has 2 aromatic rings. The standard InChI is InChI=1S/C28H36N4O8/c1-16(2)12-23(28(39)40)32-26(37)21(14-17-6-4-3-5-7-17)31-27(38)22(15-24(34)35)30-25(36)20(29)13-18-8-10-19(33)11-9-18/h3-11,16,20-23,33H,12-15,29H2,1-2H3,(H,30,36)(H,31,38)(H,32,37)(H,34,35)(H,39,40)/t20-,21+,22-,23+/m0/s1. The van der Waals surface area contributed by atoms with Gasteiger partial charge >= 0.3 is 11.9 Å². The Labute approximate surface area is 232 Å². The van der Waals surface area contributed by atoms with Crippen LogP contribution in [0.2, 0.25) is 0 Å². The lowest BCUT2D eigenvalue weighted by Crippen LogP contribution is -2.58. The number of rotatable bonds is 15. The van der Waals surface area contributed by atoms with Gasteiger partial charge in [0.25, 0.3) is 0 Å². The summed E-state index contributed by atoms with van der Waals surface area (Å²) in [5.41, 5.74) is 7.26. The van der Waals surface area contributed by atoms with Crippen LogP contribution in [0.5, 0.6) is 5.75 Å². The predicted molar refractivity (Wildman–Crippen MR) is 145 cm³/mol. The molecule has 0 aliphatic heterocycles. The van der Waals surface area contributed by atoms with Gasteiger partial charge in [0.2, 0.25) is 17.7 Å². The molecule has 0 aromatic heterocycles. The van der Waals surface area contributed by atoms with Gasteiger partial charge in [-0.15, -0.1) is 0 Å². The van der Waals surface area contributed by atoms with Crippen LogP contribution >= 0.6 is 0 Å². The molecule has 0 fully saturated rings. The fourth-order valence-corrected chi connectivity index (χ4v) is 3.94. The molecule has 0 saturated carbocycles. The summed E-state index contributed by atoms with van der Waals surface area (Å²) in [4.78, 5) is 62.3. The van der Waals surface area contributed by atoms with E-state index in [2.05, 4.69) is 16.0 Å². The lowest BCUT2D eigenvalue weighted by atomic mass is 10.0. The van der Waals surface area contributed by atoms with Gasteiger partial charge in [-0.3, -0.25) is 19.2 Å². The van der Waals surface area contributed by atoms with Crippen molar-refractivity contribution in [1.29, 1.82) is 0 Å². The fraction of sp³-hybridized carbons (Fsp3) is 0.393. The molecule has 8 N–H and O–H groups in total. The van der Waals surface area contributed by atoms with Crippen LogP contribution in [0.1, 0.15) is 37.8 Å². The van der Waals surface area contributed by atoms with Crippen molar-refractivity contribution >= 4 is 29.7 Å². The molecule has 40 heavy (non-hydrogen) atoms. The number of aromatic hydroxyl groups is 1. The van der Waals surface area contributed by atoms with Crippen LogP contribution in [-0.4, -0.2) is 69.1 Å². The molecular formula is C28H36N4O8. The van der Waals surface area contributed by atoms with Gasteiger partial charge in [-0.2, -0.15) is 0 Å². The maximum absolute atomic E-state index is 13.2. The first-order chi connectivity index (χ1) is 18.8. The molecule has 216 valence electrons. The molecular weight excluding hydrogens is 520 g/mol. The van der Waals surface area contributed by atoms with Crippen molar-refractivity contribution in [2.75, 3.05) is 0 Å². The Morgan fingerprint density at radius 3 is 1.80 bits per heavy atom. The van der Waals surface area contributed by atoms with E-state index in [1.165, 1.54) is 12.1 Å². The van der Waals surface area contributed by atoms with E-state index >= 15 is 0 Å². The Hall–Kier alpha value is -4.45. The van der Waals surface area contributed by atoms with Crippen molar-refractivity contribution in [1.82, 2.24) is 16.0 Å². The first kappa shape index (κ1) is 31.8. The third-order valence-corrected chi connectivity index (χ3v) is 5.98. The van der Waals surface area contributed by atoms with E-state index in [4.69, 9.17) is 5.73 Å². The Kier molecular flexibility index (Phi) is 12.1. The summed E-state index contributed by atoms with van der Waals surface area (Å²) >= 11 is 0. The maximum Gasteiger partial charge on any atom is 0.326 e. The third-order valence-electron chi connectivity index (χ3n) is 5.98. The van der Waals surface area contributed by atoms with E-state index in [0.29, 0.717) is 11.1 Å². The summed E-state index contributed by atoms with van der Waals surface area (Å²) in [5.74, 6) is -5.11. The lowest BCUT2D eigenvalue weighted by molar-refractivity contribution is -0.143. The molecule has 0 unspecified atom stereocenters. The Morgan fingerprint density at radius 2 is 1.25 bits per heavy atom. The van der Waals surface area contributed by atoms with E-state index in [0.717, 1.165) is 0 Å². The average Bonchev–Trinajstić information content (AvgIpc) is 2.88. The molecule has 2 aromatic carbocycles. The van der Waals surface area contributed by atoms with E-state index in [1.54, 1.807) is 56.3 Å². The van der Waals surface area contributed by atoms with Crippen molar-refractivity contribution in [2.45, 2.75) is 63.7 Å². The number of carbonyl (C=O) groups excluding carboxylic acids is 3. The number of nitrogens with two attached hydrogens (primary N) is 1. The van der Waals surface area contributed by atoms with Gasteiger partial charge in [-0.1, -0.05) is 56.3 Å². The predicted octanol–water partition coefficient (Wildman–Crippen LogP) is 0.565. The topological polar surface area (TPSA) is 208 Å².